The van der Waals surface area contributed by atoms with Crippen molar-refractivity contribution in [3.63, 3.8) is 0 Å². The lowest BCUT2D eigenvalue weighted by atomic mass is 10.2. The molecule has 0 aliphatic carbocycles. The molecule has 0 spiro atoms. The van der Waals surface area contributed by atoms with Crippen LogP contribution in [0.2, 0.25) is 5.02 Å². The molecule has 9 nitrogen and oxygen atoms in total. The number of hydrogen-bond acceptors (Lipinski definition) is 9. The van der Waals surface area contributed by atoms with Gasteiger partial charge in [-0.05, 0) is 31.2 Å². The topological polar surface area (TPSA) is 106 Å². The Morgan fingerprint density at radius 3 is 2.60 bits per heavy atom. The van der Waals surface area contributed by atoms with Crippen LogP contribution in [0.5, 0.6) is 5.75 Å². The van der Waals surface area contributed by atoms with E-state index in [0.29, 0.717) is 36.9 Å². The van der Waals surface area contributed by atoms with Crippen molar-refractivity contribution >= 4 is 50.3 Å². The summed E-state index contributed by atoms with van der Waals surface area (Å²) in [4.78, 5) is 11.2. The first-order valence-electron chi connectivity index (χ1n) is 11.4. The summed E-state index contributed by atoms with van der Waals surface area (Å²) >= 11 is 6.33. The van der Waals surface area contributed by atoms with Gasteiger partial charge in [-0.25, -0.2) is 13.4 Å². The van der Waals surface area contributed by atoms with Gasteiger partial charge in [0.15, 0.2) is 15.7 Å². The summed E-state index contributed by atoms with van der Waals surface area (Å²) < 4.78 is 36.3. The number of hydrogen-bond donors (Lipinski definition) is 2. The summed E-state index contributed by atoms with van der Waals surface area (Å²) in [5.41, 5.74) is 2.15. The third-order valence-corrected chi connectivity index (χ3v) is 7.55. The molecule has 1 aliphatic heterocycles. The molecule has 186 valence electrons. The highest BCUT2D eigenvalue weighted by molar-refractivity contribution is 7.91. The lowest BCUT2D eigenvalue weighted by Gasteiger charge is -2.29. The standard InChI is InChI=1S/C24H28ClN5O4S/c1-3-34-21-15-17(30-11-13-33-14-12-30)9-10-19(21)28-24-26-16-18(25)23(29-24)27-20-7-5-6-8-22(20)35(31,32)4-2/h5-10,15-16H,3-4,11-14H2,1-2H3,(H2,26,27,28,29). The van der Waals surface area contributed by atoms with E-state index in [2.05, 4.69) is 25.5 Å². The van der Waals surface area contributed by atoms with Crippen LogP contribution in [0, 0.1) is 0 Å². The van der Waals surface area contributed by atoms with Gasteiger partial charge in [0.2, 0.25) is 5.95 Å². The van der Waals surface area contributed by atoms with Crippen LogP contribution in [0.4, 0.5) is 28.8 Å². The van der Waals surface area contributed by atoms with Crippen molar-refractivity contribution in [3.05, 3.63) is 53.7 Å². The molecule has 1 aliphatic rings. The highest BCUT2D eigenvalue weighted by Gasteiger charge is 2.18. The normalized spacial score (nSPS) is 14.0. The number of halogens is 1. The number of benzene rings is 2. The Kier molecular flexibility index (Phi) is 7.94. The van der Waals surface area contributed by atoms with E-state index in [9.17, 15) is 8.42 Å². The Morgan fingerprint density at radius 1 is 1.09 bits per heavy atom. The van der Waals surface area contributed by atoms with Crippen molar-refractivity contribution in [2.75, 3.05) is 54.2 Å². The fourth-order valence-electron chi connectivity index (χ4n) is 3.67. The predicted molar refractivity (Wildman–Crippen MR) is 138 cm³/mol. The van der Waals surface area contributed by atoms with Gasteiger partial charge in [0, 0.05) is 24.8 Å². The number of nitrogens with zero attached hydrogens (tertiary/aromatic N) is 3. The molecule has 2 aromatic carbocycles. The number of aromatic nitrogens is 2. The van der Waals surface area contributed by atoms with Gasteiger partial charge in [-0.15, -0.1) is 0 Å². The summed E-state index contributed by atoms with van der Waals surface area (Å²) in [6.07, 6.45) is 1.46. The molecule has 1 aromatic heterocycles. The number of sulfone groups is 1. The number of anilines is 5. The van der Waals surface area contributed by atoms with Gasteiger partial charge >= 0.3 is 0 Å². The van der Waals surface area contributed by atoms with Crippen molar-refractivity contribution in [2.45, 2.75) is 18.7 Å². The fourth-order valence-corrected chi connectivity index (χ4v) is 4.86. The first kappa shape index (κ1) is 25.0. The van der Waals surface area contributed by atoms with Gasteiger partial charge in [0.1, 0.15) is 10.8 Å². The highest BCUT2D eigenvalue weighted by atomic mass is 35.5. The Labute approximate surface area is 210 Å². The minimum absolute atomic E-state index is 0.0172. The van der Waals surface area contributed by atoms with Crippen LogP contribution in [0.1, 0.15) is 13.8 Å². The molecule has 0 saturated carbocycles. The van der Waals surface area contributed by atoms with E-state index < -0.39 is 9.84 Å². The largest absolute Gasteiger partial charge is 0.492 e. The van der Waals surface area contributed by atoms with Crippen molar-refractivity contribution in [2.24, 2.45) is 0 Å². The molecule has 2 heterocycles. The van der Waals surface area contributed by atoms with E-state index in [0.717, 1.165) is 18.8 Å². The second-order valence-electron chi connectivity index (χ2n) is 7.75. The van der Waals surface area contributed by atoms with Crippen LogP contribution >= 0.6 is 11.6 Å². The van der Waals surface area contributed by atoms with Crippen LogP contribution in [-0.4, -0.2) is 57.0 Å². The van der Waals surface area contributed by atoms with E-state index in [1.807, 2.05) is 25.1 Å². The van der Waals surface area contributed by atoms with Crippen LogP contribution < -0.4 is 20.3 Å². The maximum atomic E-state index is 12.5. The molecule has 2 N–H and O–H groups in total. The maximum Gasteiger partial charge on any atom is 0.229 e. The molecule has 1 fully saturated rings. The van der Waals surface area contributed by atoms with Crippen LogP contribution in [0.25, 0.3) is 0 Å². The SMILES string of the molecule is CCOc1cc(N2CCOCC2)ccc1Nc1ncc(Cl)c(Nc2ccccc2S(=O)(=O)CC)n1. The predicted octanol–water partition coefficient (Wildman–Crippen LogP) is 4.65. The summed E-state index contributed by atoms with van der Waals surface area (Å²) in [7, 11) is -3.44. The number of morpholine rings is 1. The summed E-state index contributed by atoms with van der Waals surface area (Å²) in [6.45, 7) is 7.06. The number of nitrogens with one attached hydrogen (secondary N) is 2. The highest BCUT2D eigenvalue weighted by Crippen LogP contribution is 2.33. The third-order valence-electron chi connectivity index (χ3n) is 5.49. The average Bonchev–Trinajstić information content (AvgIpc) is 2.88. The Hall–Kier alpha value is -3.08. The number of para-hydroxylation sites is 1. The van der Waals surface area contributed by atoms with Gasteiger partial charge < -0.3 is 25.0 Å². The Balaban J connectivity index is 1.60. The van der Waals surface area contributed by atoms with Gasteiger partial charge in [-0.1, -0.05) is 30.7 Å². The number of ether oxygens (including phenoxy) is 2. The lowest BCUT2D eigenvalue weighted by Crippen LogP contribution is -2.36. The van der Waals surface area contributed by atoms with E-state index in [1.165, 1.54) is 6.20 Å². The van der Waals surface area contributed by atoms with Crippen molar-refractivity contribution < 1.29 is 17.9 Å². The van der Waals surface area contributed by atoms with Crippen molar-refractivity contribution in [1.82, 2.24) is 9.97 Å². The second kappa shape index (κ2) is 11.1. The monoisotopic (exact) mass is 517 g/mol. The average molecular weight is 518 g/mol. The van der Waals surface area contributed by atoms with E-state index in [-0.39, 0.29) is 27.4 Å². The molecule has 1 saturated heterocycles. The summed E-state index contributed by atoms with van der Waals surface area (Å²) in [5.74, 6) is 1.22. The van der Waals surface area contributed by atoms with E-state index in [4.69, 9.17) is 21.1 Å². The fraction of sp³-hybridized carbons (Fsp3) is 0.333. The summed E-state index contributed by atoms with van der Waals surface area (Å²) in [6, 6.07) is 12.6. The van der Waals surface area contributed by atoms with Crippen LogP contribution in [-0.2, 0) is 14.6 Å². The van der Waals surface area contributed by atoms with Gasteiger partial charge in [0.05, 0.1) is 48.0 Å². The zero-order valence-corrected chi connectivity index (χ0v) is 21.2. The summed E-state index contributed by atoms with van der Waals surface area (Å²) in [5, 5.41) is 6.49. The molecular formula is C24H28ClN5O4S. The van der Waals surface area contributed by atoms with E-state index >= 15 is 0 Å². The first-order valence-corrected chi connectivity index (χ1v) is 13.4. The van der Waals surface area contributed by atoms with E-state index in [1.54, 1.807) is 31.2 Å². The lowest BCUT2D eigenvalue weighted by molar-refractivity contribution is 0.122. The zero-order valence-electron chi connectivity index (χ0n) is 19.6. The quantitative estimate of drug-likeness (QED) is 0.419. The molecule has 0 atom stereocenters. The Morgan fingerprint density at radius 2 is 1.86 bits per heavy atom. The van der Waals surface area contributed by atoms with Crippen molar-refractivity contribution in [1.29, 1.82) is 0 Å². The van der Waals surface area contributed by atoms with Gasteiger partial charge in [-0.3, -0.25) is 0 Å². The molecule has 0 bridgehead atoms. The van der Waals surface area contributed by atoms with Gasteiger partial charge in [0.25, 0.3) is 0 Å². The Bertz CT molecular complexity index is 1280. The molecule has 11 heteroatoms. The smallest absolute Gasteiger partial charge is 0.229 e. The first-order chi connectivity index (χ1) is 16.9. The molecule has 0 unspecified atom stereocenters. The third kappa shape index (κ3) is 5.95. The minimum atomic E-state index is -3.44. The number of rotatable bonds is 9. The minimum Gasteiger partial charge on any atom is -0.492 e. The molecule has 4 rings (SSSR count). The molecule has 0 radical (unpaired) electrons. The molecular weight excluding hydrogens is 490 g/mol. The van der Waals surface area contributed by atoms with Crippen LogP contribution in [0.15, 0.2) is 53.6 Å². The maximum absolute atomic E-state index is 12.5. The van der Waals surface area contributed by atoms with Crippen LogP contribution in [0.3, 0.4) is 0 Å². The second-order valence-corrected chi connectivity index (χ2v) is 10.4. The molecule has 3 aromatic rings. The molecule has 35 heavy (non-hydrogen) atoms. The zero-order chi connectivity index (χ0) is 24.8. The van der Waals surface area contributed by atoms with Crippen molar-refractivity contribution in [3.8, 4) is 5.75 Å². The molecule has 0 amide bonds. The van der Waals surface area contributed by atoms with Gasteiger partial charge in [-0.2, -0.15) is 4.98 Å².